The lowest BCUT2D eigenvalue weighted by Gasteiger charge is -2.30. The summed E-state index contributed by atoms with van der Waals surface area (Å²) in [4.78, 5) is 33.6. The molecule has 0 aromatic carbocycles. The Hall–Kier alpha value is -3.20. The summed E-state index contributed by atoms with van der Waals surface area (Å²) in [5.74, 6) is 1.40. The first kappa shape index (κ1) is 21.0. The first-order chi connectivity index (χ1) is 15.0. The Morgan fingerprint density at radius 2 is 2.16 bits per heavy atom. The number of nitrogens with one attached hydrogen (secondary N) is 2. The summed E-state index contributed by atoms with van der Waals surface area (Å²) in [5.41, 5.74) is 2.52. The van der Waals surface area contributed by atoms with Crippen LogP contribution in [0.15, 0.2) is 30.6 Å². The number of fused-ring (bicyclic) bond motifs is 1. The van der Waals surface area contributed by atoms with Crippen LogP contribution in [0.2, 0.25) is 0 Å². The summed E-state index contributed by atoms with van der Waals surface area (Å²) in [6.45, 7) is 4.61. The lowest BCUT2D eigenvalue weighted by atomic mass is 10.0. The van der Waals surface area contributed by atoms with Crippen molar-refractivity contribution in [1.82, 2.24) is 19.8 Å². The molecule has 2 N–H and O–H groups in total. The second kappa shape index (κ2) is 8.89. The largest absolute Gasteiger partial charge is 0.364 e. The number of nitrogens with zero attached hydrogens (tertiary/aromatic N) is 4. The third-order valence-electron chi connectivity index (χ3n) is 5.82. The Morgan fingerprint density at radius 3 is 2.87 bits per heavy atom. The molecule has 0 bridgehead atoms. The van der Waals surface area contributed by atoms with Gasteiger partial charge in [0.15, 0.2) is 0 Å². The van der Waals surface area contributed by atoms with Gasteiger partial charge in [0.1, 0.15) is 18.0 Å². The van der Waals surface area contributed by atoms with Gasteiger partial charge in [-0.1, -0.05) is 6.92 Å². The molecule has 0 unspecified atom stereocenters. The van der Waals surface area contributed by atoms with E-state index >= 15 is 0 Å². The number of rotatable bonds is 4. The van der Waals surface area contributed by atoms with E-state index in [1.54, 1.807) is 24.5 Å². The van der Waals surface area contributed by atoms with Gasteiger partial charge in [-0.3, -0.25) is 14.8 Å². The maximum Gasteiger partial charge on any atom is 0.328 e. The summed E-state index contributed by atoms with van der Waals surface area (Å²) in [6.07, 6.45) is 6.06. The molecule has 0 radical (unpaired) electrons. The van der Waals surface area contributed by atoms with Gasteiger partial charge in [-0.25, -0.2) is 9.78 Å². The molecule has 9 heteroatoms. The van der Waals surface area contributed by atoms with Crippen LogP contribution in [0, 0.1) is 11.3 Å². The van der Waals surface area contributed by atoms with Crippen molar-refractivity contribution in [1.29, 1.82) is 5.41 Å². The van der Waals surface area contributed by atoms with Gasteiger partial charge < -0.3 is 19.9 Å². The Kier molecular flexibility index (Phi) is 6.03. The molecule has 4 heterocycles. The van der Waals surface area contributed by atoms with Crippen molar-refractivity contribution in [2.45, 2.75) is 26.2 Å². The first-order valence-electron chi connectivity index (χ1n) is 10.6. The van der Waals surface area contributed by atoms with Crippen molar-refractivity contribution >= 4 is 23.4 Å². The van der Waals surface area contributed by atoms with Crippen LogP contribution in [0.3, 0.4) is 0 Å². The number of hydrogen-bond donors (Lipinski definition) is 2. The molecule has 2 amide bonds. The number of amides is 2. The maximum absolute atomic E-state index is 12.8. The normalized spacial score (nSPS) is 18.1. The molecule has 2 aromatic rings. The van der Waals surface area contributed by atoms with Crippen LogP contribution < -0.4 is 15.7 Å². The summed E-state index contributed by atoms with van der Waals surface area (Å²) < 4.78 is 6.07. The summed E-state index contributed by atoms with van der Waals surface area (Å²) in [5, 5.41) is 10.8. The zero-order chi connectivity index (χ0) is 22.0. The van der Waals surface area contributed by atoms with Crippen molar-refractivity contribution in [3.8, 4) is 0 Å². The predicted octanol–water partition coefficient (Wildman–Crippen LogP) is 2.09. The lowest BCUT2D eigenvalue weighted by molar-refractivity contribution is 0.0787. The van der Waals surface area contributed by atoms with Crippen LogP contribution in [-0.4, -0.2) is 59.9 Å². The lowest BCUT2D eigenvalue weighted by Crippen LogP contribution is -2.37. The SMILES string of the molecule is COCNC(=O)n1ccc(N2CCCc3cc(C(=O)N4CC[C@H](C)C4)cnc32)cc1=N. The molecule has 2 aromatic heterocycles. The van der Waals surface area contributed by atoms with E-state index < -0.39 is 6.03 Å². The third-order valence-corrected chi connectivity index (χ3v) is 5.82. The van der Waals surface area contributed by atoms with E-state index in [0.29, 0.717) is 11.5 Å². The Labute approximate surface area is 181 Å². The number of carbonyl (C=O) groups is 2. The van der Waals surface area contributed by atoms with E-state index in [0.717, 1.165) is 56.0 Å². The summed E-state index contributed by atoms with van der Waals surface area (Å²) in [6, 6.07) is 4.98. The molecule has 4 rings (SSSR count). The molecule has 31 heavy (non-hydrogen) atoms. The molecule has 1 fully saturated rings. The van der Waals surface area contributed by atoms with Crippen LogP contribution in [0.5, 0.6) is 0 Å². The second-order valence-electron chi connectivity index (χ2n) is 8.16. The minimum Gasteiger partial charge on any atom is -0.364 e. The number of aryl methyl sites for hydroxylation is 1. The van der Waals surface area contributed by atoms with Gasteiger partial charge in [0, 0.05) is 50.9 Å². The molecule has 2 aliphatic heterocycles. The minimum absolute atomic E-state index is 0.0491. The highest BCUT2D eigenvalue weighted by Gasteiger charge is 2.27. The molecular weight excluding hydrogens is 396 g/mol. The number of hydrogen-bond acceptors (Lipinski definition) is 6. The predicted molar refractivity (Wildman–Crippen MR) is 115 cm³/mol. The summed E-state index contributed by atoms with van der Waals surface area (Å²) >= 11 is 0. The molecule has 1 atom stereocenters. The van der Waals surface area contributed by atoms with Crippen LogP contribution in [0.25, 0.3) is 0 Å². The van der Waals surface area contributed by atoms with Gasteiger partial charge in [0.2, 0.25) is 0 Å². The number of aromatic nitrogens is 2. The van der Waals surface area contributed by atoms with Gasteiger partial charge in [0.05, 0.1) is 5.56 Å². The van der Waals surface area contributed by atoms with Gasteiger partial charge in [-0.2, -0.15) is 0 Å². The van der Waals surface area contributed by atoms with Gasteiger partial charge in [-0.15, -0.1) is 0 Å². The van der Waals surface area contributed by atoms with Crippen LogP contribution >= 0.6 is 0 Å². The highest BCUT2D eigenvalue weighted by molar-refractivity contribution is 5.94. The zero-order valence-corrected chi connectivity index (χ0v) is 17.9. The quantitative estimate of drug-likeness (QED) is 0.732. The highest BCUT2D eigenvalue weighted by Crippen LogP contribution is 2.32. The standard InChI is InChI=1S/C22H28N6O3/c1-15-5-8-26(13-15)21(29)17-10-16-4-3-7-27(20(16)24-12-17)18-6-9-28(19(23)11-18)22(30)25-14-31-2/h6,9-12,15,23H,3-5,7-8,13-14H2,1-2H3,(H,25,30)/t15-/m0/s1. The average Bonchev–Trinajstić information content (AvgIpc) is 3.22. The molecule has 2 aliphatic rings. The number of likely N-dealkylation sites (tertiary alicyclic amines) is 1. The van der Waals surface area contributed by atoms with Crippen LogP contribution in [-0.2, 0) is 11.2 Å². The smallest absolute Gasteiger partial charge is 0.328 e. The fourth-order valence-corrected chi connectivity index (χ4v) is 4.19. The fraction of sp³-hybridized carbons (Fsp3) is 0.455. The van der Waals surface area contributed by atoms with Gasteiger partial charge in [-0.05, 0) is 42.9 Å². The number of carbonyl (C=O) groups excluding carboxylic acids is 2. The Morgan fingerprint density at radius 1 is 1.32 bits per heavy atom. The van der Waals surface area contributed by atoms with E-state index in [4.69, 9.17) is 10.1 Å². The van der Waals surface area contributed by atoms with Crippen molar-refractivity contribution in [2.75, 3.05) is 38.4 Å². The molecule has 0 saturated carbocycles. The van der Waals surface area contributed by atoms with E-state index in [1.807, 2.05) is 15.9 Å². The van der Waals surface area contributed by atoms with E-state index in [9.17, 15) is 9.59 Å². The van der Waals surface area contributed by atoms with Crippen molar-refractivity contribution in [3.05, 3.63) is 47.2 Å². The van der Waals surface area contributed by atoms with Crippen molar-refractivity contribution in [2.24, 2.45) is 5.92 Å². The monoisotopic (exact) mass is 424 g/mol. The first-order valence-corrected chi connectivity index (χ1v) is 10.6. The van der Waals surface area contributed by atoms with Crippen LogP contribution in [0.4, 0.5) is 16.3 Å². The maximum atomic E-state index is 12.8. The highest BCUT2D eigenvalue weighted by atomic mass is 16.5. The second-order valence-corrected chi connectivity index (χ2v) is 8.16. The molecule has 0 aliphatic carbocycles. The number of ether oxygens (including phenoxy) is 1. The van der Waals surface area contributed by atoms with Gasteiger partial charge in [0.25, 0.3) is 5.91 Å². The molecule has 0 spiro atoms. The third kappa shape index (κ3) is 4.32. The number of methoxy groups -OCH3 is 1. The Balaban J connectivity index is 1.57. The van der Waals surface area contributed by atoms with Gasteiger partial charge >= 0.3 is 6.03 Å². The number of anilines is 2. The molecule has 164 valence electrons. The minimum atomic E-state index is -0.421. The van der Waals surface area contributed by atoms with E-state index in [1.165, 1.54) is 11.7 Å². The number of pyridine rings is 2. The van der Waals surface area contributed by atoms with Crippen molar-refractivity contribution < 1.29 is 14.3 Å². The van der Waals surface area contributed by atoms with E-state index in [2.05, 4.69) is 17.2 Å². The zero-order valence-electron chi connectivity index (χ0n) is 17.9. The Bertz CT molecular complexity index is 1050. The molecule has 9 nitrogen and oxygen atoms in total. The molecular formula is C22H28N6O3. The summed E-state index contributed by atoms with van der Waals surface area (Å²) in [7, 11) is 1.49. The van der Waals surface area contributed by atoms with E-state index in [-0.39, 0.29) is 18.1 Å². The van der Waals surface area contributed by atoms with Crippen molar-refractivity contribution in [3.63, 3.8) is 0 Å². The molecule has 1 saturated heterocycles. The topological polar surface area (TPSA) is 104 Å². The fourth-order valence-electron chi connectivity index (χ4n) is 4.19. The van der Waals surface area contributed by atoms with Crippen LogP contribution in [0.1, 0.15) is 35.7 Å². The average molecular weight is 425 g/mol.